The fourth-order valence-electron chi connectivity index (χ4n) is 8.20. The van der Waals surface area contributed by atoms with Crippen molar-refractivity contribution in [3.63, 3.8) is 0 Å². The molecule has 0 saturated carbocycles. The summed E-state index contributed by atoms with van der Waals surface area (Å²) in [5.41, 5.74) is 5.13. The van der Waals surface area contributed by atoms with Crippen molar-refractivity contribution in [3.8, 4) is 0 Å². The number of fused-ring (bicyclic) bond motifs is 14. The van der Waals surface area contributed by atoms with Gasteiger partial charge in [-0.25, -0.2) is 19.1 Å². The maximum atomic E-state index is 5.52. The highest BCUT2D eigenvalue weighted by Crippen LogP contribution is 2.46. The number of rotatable bonds is 3. The molecule has 47 heavy (non-hydrogen) atoms. The summed E-state index contributed by atoms with van der Waals surface area (Å²) in [4.78, 5) is 26.9. The number of benzene rings is 4. The van der Waals surface area contributed by atoms with Crippen LogP contribution >= 0.6 is 0 Å². The molecule has 10 rings (SSSR count). The molecule has 8 heteroatoms. The molecule has 0 radical (unpaired) electrons. The van der Waals surface area contributed by atoms with Crippen LogP contribution in [0.3, 0.4) is 0 Å². The highest BCUT2D eigenvalue weighted by Gasteiger charge is 2.46. The van der Waals surface area contributed by atoms with Crippen LogP contribution in [0.1, 0.15) is 55.4 Å². The summed E-state index contributed by atoms with van der Waals surface area (Å²) in [7, 11) is 2.13. The standard InChI is InChI=1S/C39H31N8/c1-4-22-39(5-2)46-35-27-18-10-11-19-28(27)36(46)44-33-25-16-8-9-17-26(25)34(41-33)45(3)38-30-21-13-12-20-29(30)37(47(38)39)43-32-24-15-7-6-14-23(24)31(40-32)42-35/h6-21H,4-5,22H2,1-3H3/q+1. The Bertz CT molecular complexity index is 2640. The van der Waals surface area contributed by atoms with E-state index in [0.717, 1.165) is 91.5 Å². The van der Waals surface area contributed by atoms with E-state index in [1.807, 2.05) is 0 Å². The largest absolute Gasteiger partial charge is 0.273 e. The Labute approximate surface area is 270 Å². The SMILES string of the molecule is CCCC1(CC)n2c3c4ccccc4c2[N+](C)=C2N=C(N=c4c5ccccc5c(n41)=NC1=NC(=N3)c3ccccc31)c1ccccc12. The molecule has 0 N–H and O–H groups in total. The number of aliphatic imine (C=N–C) groups is 3. The van der Waals surface area contributed by atoms with Gasteiger partial charge in [-0.05, 0) is 24.3 Å². The smallest absolute Gasteiger partial charge is 0.272 e. The van der Waals surface area contributed by atoms with Crippen molar-refractivity contribution in [1.29, 1.82) is 0 Å². The van der Waals surface area contributed by atoms with E-state index >= 15 is 0 Å². The first-order valence-corrected chi connectivity index (χ1v) is 16.4. The van der Waals surface area contributed by atoms with Gasteiger partial charge in [-0.3, -0.25) is 4.57 Å². The van der Waals surface area contributed by atoms with Crippen LogP contribution in [0.5, 0.6) is 0 Å². The Morgan fingerprint density at radius 1 is 0.553 bits per heavy atom. The lowest BCUT2D eigenvalue weighted by atomic mass is 9.99. The second kappa shape index (κ2) is 9.39. The average Bonchev–Trinajstić information content (AvgIpc) is 3.83. The predicted octanol–water partition coefficient (Wildman–Crippen LogP) is 6.59. The van der Waals surface area contributed by atoms with E-state index in [1.165, 1.54) is 0 Å². The molecule has 0 saturated heterocycles. The quantitative estimate of drug-likeness (QED) is 0.203. The average molecular weight is 612 g/mol. The Hall–Kier alpha value is -5.76. The summed E-state index contributed by atoms with van der Waals surface area (Å²) in [6, 6.07) is 33.9. The van der Waals surface area contributed by atoms with Gasteiger partial charge in [0.2, 0.25) is 17.5 Å². The normalized spacial score (nSPS) is 18.7. The topological polar surface area (TPSA) is 74.7 Å². The first kappa shape index (κ1) is 26.5. The molecule has 1 unspecified atom stereocenters. The van der Waals surface area contributed by atoms with E-state index in [4.69, 9.17) is 25.0 Å². The Kier molecular flexibility index (Phi) is 5.28. The minimum absolute atomic E-state index is 0.624. The van der Waals surface area contributed by atoms with E-state index in [-0.39, 0.29) is 0 Å². The summed E-state index contributed by atoms with van der Waals surface area (Å²) in [6.07, 6.45) is 2.55. The molecule has 6 bridgehead atoms. The first-order chi connectivity index (χ1) is 23.1. The zero-order valence-electron chi connectivity index (χ0n) is 26.4. The van der Waals surface area contributed by atoms with Crippen molar-refractivity contribution in [2.75, 3.05) is 7.05 Å². The van der Waals surface area contributed by atoms with Crippen LogP contribution in [-0.4, -0.2) is 44.1 Å². The number of nitrogens with zero attached hydrogens (tertiary/aromatic N) is 8. The molecule has 1 atom stereocenters. The fourth-order valence-corrected chi connectivity index (χ4v) is 8.20. The van der Waals surface area contributed by atoms with Crippen molar-refractivity contribution in [3.05, 3.63) is 130 Å². The number of hydrogen-bond acceptors (Lipinski definition) is 5. The van der Waals surface area contributed by atoms with Crippen molar-refractivity contribution in [2.45, 2.75) is 38.8 Å². The van der Waals surface area contributed by atoms with Crippen LogP contribution in [-0.2, 0) is 5.66 Å². The summed E-state index contributed by atoms with van der Waals surface area (Å²) in [5, 5.41) is 4.26. The summed E-state index contributed by atoms with van der Waals surface area (Å²) >= 11 is 0. The molecule has 0 amide bonds. The zero-order chi connectivity index (χ0) is 31.4. The third kappa shape index (κ3) is 3.31. The van der Waals surface area contributed by atoms with Crippen molar-refractivity contribution in [1.82, 2.24) is 9.13 Å². The van der Waals surface area contributed by atoms with Crippen LogP contribution in [0.4, 0.5) is 11.6 Å². The maximum absolute atomic E-state index is 5.52. The number of amidine groups is 4. The third-order valence-corrected chi connectivity index (χ3v) is 10.2. The molecule has 6 aromatic rings. The molecular formula is C39H31N8+. The van der Waals surface area contributed by atoms with Crippen molar-refractivity contribution in [2.24, 2.45) is 25.0 Å². The van der Waals surface area contributed by atoms with Crippen LogP contribution in [0.2, 0.25) is 0 Å². The van der Waals surface area contributed by atoms with Gasteiger partial charge in [0.15, 0.2) is 17.3 Å². The Morgan fingerprint density at radius 3 is 1.68 bits per heavy atom. The molecule has 8 nitrogen and oxygen atoms in total. The van der Waals surface area contributed by atoms with Gasteiger partial charge in [0.25, 0.3) is 5.84 Å². The summed E-state index contributed by atoms with van der Waals surface area (Å²) < 4.78 is 7.13. The predicted molar refractivity (Wildman–Crippen MR) is 187 cm³/mol. The highest BCUT2D eigenvalue weighted by molar-refractivity contribution is 6.24. The molecule has 6 heterocycles. The molecule has 4 aliphatic heterocycles. The van der Waals surface area contributed by atoms with Gasteiger partial charge in [-0.15, -0.1) is 0 Å². The lowest BCUT2D eigenvalue weighted by Gasteiger charge is -2.35. The van der Waals surface area contributed by atoms with E-state index in [2.05, 4.69) is 132 Å². The first-order valence-electron chi connectivity index (χ1n) is 16.4. The number of hydrogen-bond donors (Lipinski definition) is 0. The van der Waals surface area contributed by atoms with Crippen LogP contribution in [0, 0.1) is 0 Å². The molecule has 226 valence electrons. The monoisotopic (exact) mass is 611 g/mol. The van der Waals surface area contributed by atoms with Crippen LogP contribution in [0.25, 0.3) is 21.5 Å². The highest BCUT2D eigenvalue weighted by atomic mass is 15.4. The van der Waals surface area contributed by atoms with Gasteiger partial charge >= 0.3 is 0 Å². The molecular weight excluding hydrogens is 580 g/mol. The molecule has 0 aliphatic carbocycles. The van der Waals surface area contributed by atoms with Gasteiger partial charge in [0.05, 0.1) is 23.6 Å². The summed E-state index contributed by atoms with van der Waals surface area (Å²) in [5.74, 6) is 4.85. The fraction of sp³-hybridized carbons (Fsp3) is 0.179. The maximum Gasteiger partial charge on any atom is 0.273 e. The van der Waals surface area contributed by atoms with Gasteiger partial charge in [-0.1, -0.05) is 98.1 Å². The Morgan fingerprint density at radius 2 is 1.06 bits per heavy atom. The zero-order valence-corrected chi connectivity index (χ0v) is 26.4. The second-order valence-corrected chi connectivity index (χ2v) is 12.6. The van der Waals surface area contributed by atoms with E-state index in [0.29, 0.717) is 17.5 Å². The minimum Gasteiger partial charge on any atom is -0.272 e. The van der Waals surface area contributed by atoms with Crippen molar-refractivity contribution >= 4 is 56.5 Å². The summed E-state index contributed by atoms with van der Waals surface area (Å²) in [6.45, 7) is 4.55. The van der Waals surface area contributed by atoms with Gasteiger partial charge < -0.3 is 0 Å². The lowest BCUT2D eigenvalue weighted by molar-refractivity contribution is -0.411. The second-order valence-electron chi connectivity index (χ2n) is 12.6. The van der Waals surface area contributed by atoms with Gasteiger partial charge in [0, 0.05) is 40.1 Å². The van der Waals surface area contributed by atoms with Gasteiger partial charge in [-0.2, -0.15) is 9.98 Å². The number of aromatic nitrogens is 2. The van der Waals surface area contributed by atoms with E-state index in [9.17, 15) is 0 Å². The van der Waals surface area contributed by atoms with Crippen LogP contribution in [0.15, 0.2) is 122 Å². The van der Waals surface area contributed by atoms with Crippen molar-refractivity contribution < 1.29 is 4.58 Å². The van der Waals surface area contributed by atoms with Gasteiger partial charge in [0.1, 0.15) is 11.0 Å². The minimum atomic E-state index is -0.624. The third-order valence-electron chi connectivity index (χ3n) is 10.2. The van der Waals surface area contributed by atoms with Crippen LogP contribution < -0.4 is 11.0 Å². The molecule has 2 aromatic heterocycles. The van der Waals surface area contributed by atoms with E-state index < -0.39 is 5.66 Å². The molecule has 4 aromatic carbocycles. The molecule has 0 spiro atoms. The molecule has 4 aliphatic rings. The molecule has 0 fully saturated rings. The van der Waals surface area contributed by atoms with E-state index in [1.54, 1.807) is 0 Å². The lowest BCUT2D eigenvalue weighted by Crippen LogP contribution is -2.51. The Balaban J connectivity index is 1.56.